The molecule has 0 bridgehead atoms. The van der Waals surface area contributed by atoms with Gasteiger partial charge in [-0.3, -0.25) is 52.7 Å². The Morgan fingerprint density at radius 1 is 0.676 bits per heavy atom. The smallest absolute Gasteiger partial charge is 0.443 e. The van der Waals surface area contributed by atoms with Crippen molar-refractivity contribution in [1.82, 2.24) is 37.2 Å². The molecular formula is C39H51FN8O19S. The normalized spacial score (nSPS) is 23.1. The first-order chi connectivity index (χ1) is 31.6. The highest BCUT2D eigenvalue weighted by atomic mass is 32.2. The molecule has 1 aromatic carbocycles. The maximum absolute atomic E-state index is 14.6. The Morgan fingerprint density at radius 3 is 1.66 bits per heavy atom. The lowest BCUT2D eigenvalue weighted by Gasteiger charge is -2.28. The van der Waals surface area contributed by atoms with Gasteiger partial charge in [0.1, 0.15) is 48.0 Å². The van der Waals surface area contributed by atoms with Gasteiger partial charge in [0.25, 0.3) is 0 Å². The largest absolute Gasteiger partial charge is 0.481 e. The maximum atomic E-state index is 14.6. The van der Waals surface area contributed by atoms with Gasteiger partial charge in [0.15, 0.2) is 0 Å². The summed E-state index contributed by atoms with van der Waals surface area (Å²) in [6.45, 7) is 4.33. The Kier molecular flexibility index (Phi) is 21.6. The fourth-order valence-electron chi connectivity index (χ4n) is 5.95. The number of carbonyl (C=O) groups is 13. The molecule has 1 aromatic rings. The Morgan fingerprint density at radius 2 is 1.15 bits per heavy atom. The van der Waals surface area contributed by atoms with E-state index in [1.807, 2.05) is 0 Å². The number of carboxylic acid groups (broad SMARTS) is 5. The van der Waals surface area contributed by atoms with Crippen LogP contribution in [0.5, 0.6) is 5.75 Å². The van der Waals surface area contributed by atoms with Gasteiger partial charge in [-0.1, -0.05) is 26.0 Å². The maximum Gasteiger partial charge on any atom is 0.443 e. The molecule has 1 heterocycles. The van der Waals surface area contributed by atoms with Gasteiger partial charge in [-0.05, 0) is 43.4 Å². The fourth-order valence-corrected chi connectivity index (χ4v) is 6.82. The zero-order valence-electron chi connectivity index (χ0n) is 36.4. The molecule has 68 heavy (non-hydrogen) atoms. The van der Waals surface area contributed by atoms with Crippen molar-refractivity contribution in [3.8, 4) is 5.75 Å². The minimum atomic E-state index is -4.22. The molecule has 0 aliphatic carbocycles. The van der Waals surface area contributed by atoms with E-state index in [0.29, 0.717) is 11.8 Å². The van der Waals surface area contributed by atoms with Crippen LogP contribution in [-0.2, 0) is 68.7 Å². The highest BCUT2D eigenvalue weighted by Crippen LogP contribution is 2.22. The zero-order valence-corrected chi connectivity index (χ0v) is 37.2. The van der Waals surface area contributed by atoms with Crippen molar-refractivity contribution < 1.29 is 97.0 Å². The summed E-state index contributed by atoms with van der Waals surface area (Å²) in [5, 5.41) is 62.2. The van der Waals surface area contributed by atoms with Crippen LogP contribution in [0.2, 0.25) is 0 Å². The Hall–Kier alpha value is -7.59. The van der Waals surface area contributed by atoms with Crippen LogP contribution in [0.3, 0.4) is 0 Å². The van der Waals surface area contributed by atoms with Crippen LogP contribution in [0.25, 0.3) is 0 Å². The van der Waals surface area contributed by atoms with Gasteiger partial charge in [0.2, 0.25) is 47.3 Å². The lowest BCUT2D eigenvalue weighted by atomic mass is 10.00. The molecule has 14 N–H and O–H groups in total. The second-order valence-corrected chi connectivity index (χ2v) is 16.5. The number of benzene rings is 1. The lowest BCUT2D eigenvalue weighted by molar-refractivity contribution is -0.191. The molecule has 2 rings (SSSR count). The zero-order chi connectivity index (χ0) is 51.6. The van der Waals surface area contributed by atoms with Crippen LogP contribution >= 0.6 is 11.8 Å². The molecule has 0 spiro atoms. The van der Waals surface area contributed by atoms with Crippen molar-refractivity contribution >= 4 is 88.9 Å². The van der Waals surface area contributed by atoms with Gasteiger partial charge >= 0.3 is 35.7 Å². The van der Waals surface area contributed by atoms with Crippen LogP contribution in [-0.4, -0.2) is 162 Å². The minimum absolute atomic E-state index is 0.0617. The molecule has 1 saturated heterocycles. The number of hydrogen-bond acceptors (Lipinski definition) is 15. The van der Waals surface area contributed by atoms with Crippen LogP contribution < -0.4 is 47.7 Å². The van der Waals surface area contributed by atoms with Crippen molar-refractivity contribution in [3.05, 3.63) is 29.8 Å². The van der Waals surface area contributed by atoms with Crippen molar-refractivity contribution in [2.45, 2.75) is 107 Å². The third-order valence-corrected chi connectivity index (χ3v) is 10.4. The Labute approximate surface area is 388 Å². The number of hydrogen-bond donors (Lipinski definition) is 13. The monoisotopic (exact) mass is 986 g/mol. The molecule has 1 aliphatic rings. The lowest BCUT2D eigenvalue weighted by Crippen LogP contribution is -2.60. The number of thioether (sulfide) groups is 1. The average Bonchev–Trinajstić information content (AvgIpc) is 3.22. The summed E-state index contributed by atoms with van der Waals surface area (Å²) in [6.07, 6.45) is -4.43. The SMILES string of the molecule is CC(C)C[C@@H]1NC(=O)[C@H](Cc2ccc(OC(F)(C(=O)O)C(=O)O)cc2)NC(=O)[C@H](CCC(=O)O)NC(=O)[C@H](CC(=O)O)NC(=O)[C@H](C)NC(=O)[C@H](CC(=O)O)NC(=O)CSC[C@H](C(N)=O)NC1=O. The number of carboxylic acids is 5. The molecule has 27 nitrogen and oxygen atoms in total. The summed E-state index contributed by atoms with van der Waals surface area (Å²) < 4.78 is 19.1. The van der Waals surface area contributed by atoms with Gasteiger partial charge in [-0.2, -0.15) is 4.39 Å². The van der Waals surface area contributed by atoms with Gasteiger partial charge in [-0.25, -0.2) is 9.59 Å². The van der Waals surface area contributed by atoms with Crippen molar-refractivity contribution in [3.63, 3.8) is 0 Å². The fraction of sp³-hybridized carbons (Fsp3) is 0.513. The Bertz CT molecular complexity index is 2110. The topological polar surface area (TPSA) is 443 Å². The molecule has 1 aliphatic heterocycles. The number of amides is 8. The van der Waals surface area contributed by atoms with Crippen molar-refractivity contribution in [2.24, 2.45) is 11.7 Å². The summed E-state index contributed by atoms with van der Waals surface area (Å²) in [4.78, 5) is 165. The first kappa shape index (κ1) is 56.5. The highest BCUT2D eigenvalue weighted by molar-refractivity contribution is 8.00. The minimum Gasteiger partial charge on any atom is -0.481 e. The molecule has 7 atom stereocenters. The van der Waals surface area contributed by atoms with Crippen LogP contribution in [0, 0.1) is 5.92 Å². The van der Waals surface area contributed by atoms with Crippen LogP contribution in [0.4, 0.5) is 4.39 Å². The van der Waals surface area contributed by atoms with E-state index in [-0.39, 0.29) is 23.7 Å². The van der Waals surface area contributed by atoms with Crippen LogP contribution in [0.15, 0.2) is 24.3 Å². The van der Waals surface area contributed by atoms with Crippen LogP contribution in [0.1, 0.15) is 58.4 Å². The predicted molar refractivity (Wildman–Crippen MR) is 226 cm³/mol. The van der Waals surface area contributed by atoms with E-state index in [1.165, 1.54) is 0 Å². The number of alkyl halides is 1. The van der Waals surface area contributed by atoms with Gasteiger partial charge in [0, 0.05) is 18.6 Å². The van der Waals surface area contributed by atoms with Gasteiger partial charge in [-0.15, -0.1) is 11.8 Å². The predicted octanol–water partition coefficient (Wildman–Crippen LogP) is -4.05. The van der Waals surface area contributed by atoms with E-state index in [0.717, 1.165) is 31.2 Å². The molecule has 1 fully saturated rings. The third-order valence-electron chi connectivity index (χ3n) is 9.40. The first-order valence-corrected chi connectivity index (χ1v) is 21.4. The standard InChI is InChI=1S/C39H51FN8O19S/c1-16(2)10-21-34(60)48-25(30(41)56)14-68-15-26(49)43-23(12-28(52)53)33(59)42-17(3)31(57)45-24(13-29(54)55)36(62)44-20(8-9-27(50)51)32(58)47-22(35(61)46-21)11-18-4-6-19(7-5-18)67-39(40,37(63)64)38(65)66/h4-7,16-17,20-25H,8-15H2,1-3H3,(H2,41,56)(H,42,59)(H,43,49)(H,44,62)(H,45,57)(H,46,61)(H,47,58)(H,48,60)(H,50,51)(H,52,53)(H,54,55)(H,63,64)(H,65,66)/t17-,20-,21-,22-,23-,24-,25+/m0/s1. The number of rotatable bonds is 16. The van der Waals surface area contributed by atoms with Gasteiger partial charge < -0.3 is 73.2 Å². The molecule has 0 unspecified atom stereocenters. The molecular weight excluding hydrogens is 936 g/mol. The number of aliphatic carboxylic acids is 5. The number of nitrogens with two attached hydrogens (primary N) is 1. The molecule has 8 amide bonds. The number of ether oxygens (including phenoxy) is 1. The summed E-state index contributed by atoms with van der Waals surface area (Å²) in [6, 6.07) is -8.25. The van der Waals surface area contributed by atoms with E-state index in [9.17, 15) is 82.0 Å². The van der Waals surface area contributed by atoms with Crippen molar-refractivity contribution in [1.29, 1.82) is 0 Å². The third kappa shape index (κ3) is 18.4. The second kappa shape index (κ2) is 25.9. The average molecular weight is 987 g/mol. The Balaban J connectivity index is 2.73. The van der Waals surface area contributed by atoms with E-state index < -0.39 is 169 Å². The molecule has 0 aromatic heterocycles. The molecule has 29 heteroatoms. The van der Waals surface area contributed by atoms with E-state index in [4.69, 9.17) is 15.9 Å². The van der Waals surface area contributed by atoms with E-state index in [2.05, 4.69) is 42.0 Å². The van der Waals surface area contributed by atoms with Gasteiger partial charge in [0.05, 0.1) is 18.6 Å². The molecule has 0 saturated carbocycles. The highest BCUT2D eigenvalue weighted by Gasteiger charge is 2.51. The summed E-state index contributed by atoms with van der Waals surface area (Å²) in [5.74, 6) is -25.2. The first-order valence-electron chi connectivity index (χ1n) is 20.2. The molecule has 0 radical (unpaired) electrons. The van der Waals surface area contributed by atoms with Crippen molar-refractivity contribution in [2.75, 3.05) is 11.5 Å². The molecule has 374 valence electrons. The quantitative estimate of drug-likeness (QED) is 0.0701. The summed E-state index contributed by atoms with van der Waals surface area (Å²) in [5.41, 5.74) is 5.58. The van der Waals surface area contributed by atoms with E-state index in [1.54, 1.807) is 13.8 Å². The summed E-state index contributed by atoms with van der Waals surface area (Å²) in [7, 11) is 0. The number of carbonyl (C=O) groups excluding carboxylic acids is 8. The number of primary amides is 1. The number of nitrogens with one attached hydrogen (secondary N) is 7. The second-order valence-electron chi connectivity index (χ2n) is 15.5. The summed E-state index contributed by atoms with van der Waals surface area (Å²) >= 11 is 0.701. The number of halogens is 1. The van der Waals surface area contributed by atoms with E-state index >= 15 is 0 Å².